The molecule has 6 aliphatic rings. The molecule has 248 valence electrons. The third-order valence-electron chi connectivity index (χ3n) is 14.9. The monoisotopic (exact) mass is 618 g/mol. The summed E-state index contributed by atoms with van der Waals surface area (Å²) in [5.74, 6) is -1.06. The number of aliphatic hydroxyl groups excluding tert-OH is 3. The molecule has 0 aromatic rings. The number of rotatable bonds is 4. The van der Waals surface area contributed by atoms with E-state index in [4.69, 9.17) is 9.47 Å². The topological polar surface area (TPSA) is 154 Å². The lowest BCUT2D eigenvalue weighted by atomic mass is 9.33. The van der Waals surface area contributed by atoms with E-state index < -0.39 is 52.8 Å². The summed E-state index contributed by atoms with van der Waals surface area (Å²) in [6.45, 7) is 13.2. The zero-order chi connectivity index (χ0) is 32.2. The number of aliphatic carboxylic acids is 2. The number of fused-ring (bicyclic) bond motifs is 7. The van der Waals surface area contributed by atoms with Crippen LogP contribution in [-0.2, 0) is 19.1 Å². The summed E-state index contributed by atoms with van der Waals surface area (Å²) in [4.78, 5) is 26.7. The van der Waals surface area contributed by atoms with Gasteiger partial charge in [0.05, 0.1) is 23.5 Å². The van der Waals surface area contributed by atoms with Gasteiger partial charge < -0.3 is 35.0 Å². The molecule has 0 bridgehead atoms. The van der Waals surface area contributed by atoms with Crippen molar-refractivity contribution in [2.45, 2.75) is 130 Å². The van der Waals surface area contributed by atoms with Crippen molar-refractivity contribution in [3.05, 3.63) is 11.6 Å². The van der Waals surface area contributed by atoms with Crippen LogP contribution in [0.1, 0.15) is 99.3 Å². The number of ether oxygens (including phenoxy) is 2. The Morgan fingerprint density at radius 2 is 1.57 bits per heavy atom. The molecule has 1 unspecified atom stereocenters. The average molecular weight is 619 g/mol. The minimum atomic E-state index is -1.34. The van der Waals surface area contributed by atoms with Crippen molar-refractivity contribution in [2.24, 2.45) is 56.7 Å². The maximum atomic E-state index is 13.8. The van der Waals surface area contributed by atoms with Gasteiger partial charge in [-0.3, -0.25) is 9.59 Å². The molecule has 14 atom stereocenters. The smallest absolute Gasteiger partial charge is 0.314 e. The highest BCUT2D eigenvalue weighted by Crippen LogP contribution is 2.76. The zero-order valence-corrected chi connectivity index (χ0v) is 27.3. The number of aliphatic hydroxyl groups is 3. The van der Waals surface area contributed by atoms with Crippen LogP contribution in [0.3, 0.4) is 0 Å². The highest BCUT2D eigenvalue weighted by atomic mass is 16.7. The Bertz CT molecular complexity index is 1210. The van der Waals surface area contributed by atoms with Crippen molar-refractivity contribution in [2.75, 3.05) is 6.61 Å². The molecule has 44 heavy (non-hydrogen) atoms. The van der Waals surface area contributed by atoms with Gasteiger partial charge in [-0.05, 0) is 104 Å². The maximum absolute atomic E-state index is 13.8. The fourth-order valence-electron chi connectivity index (χ4n) is 12.3. The quantitative estimate of drug-likeness (QED) is 0.224. The summed E-state index contributed by atoms with van der Waals surface area (Å²) in [6.07, 6.45) is 3.17. The largest absolute Gasteiger partial charge is 0.481 e. The van der Waals surface area contributed by atoms with Crippen LogP contribution in [0, 0.1) is 56.7 Å². The summed E-state index contributed by atoms with van der Waals surface area (Å²) in [5.41, 5.74) is -2.10. The van der Waals surface area contributed by atoms with Gasteiger partial charge >= 0.3 is 11.9 Å². The molecule has 4 saturated carbocycles. The van der Waals surface area contributed by atoms with Gasteiger partial charge in [0.25, 0.3) is 0 Å². The Morgan fingerprint density at radius 3 is 2.23 bits per heavy atom. The van der Waals surface area contributed by atoms with Gasteiger partial charge in [-0.2, -0.15) is 0 Å². The molecular formula is C35H54O9. The van der Waals surface area contributed by atoms with E-state index in [9.17, 15) is 35.1 Å². The first-order valence-electron chi connectivity index (χ1n) is 17.0. The first-order chi connectivity index (χ1) is 20.5. The second-order valence-electron chi connectivity index (χ2n) is 16.7. The molecule has 9 heteroatoms. The van der Waals surface area contributed by atoms with Crippen molar-refractivity contribution in [1.82, 2.24) is 0 Å². The van der Waals surface area contributed by atoms with Crippen LogP contribution in [0.25, 0.3) is 0 Å². The van der Waals surface area contributed by atoms with E-state index in [1.165, 1.54) is 0 Å². The lowest BCUT2D eigenvalue weighted by Crippen LogP contribution is -2.68. The predicted molar refractivity (Wildman–Crippen MR) is 161 cm³/mol. The maximum Gasteiger partial charge on any atom is 0.314 e. The van der Waals surface area contributed by atoms with Crippen LogP contribution in [0.2, 0.25) is 0 Å². The molecule has 0 aromatic heterocycles. The number of hydrogen-bond acceptors (Lipinski definition) is 7. The normalized spacial score (nSPS) is 53.2. The lowest BCUT2D eigenvalue weighted by molar-refractivity contribution is -0.308. The molecule has 0 radical (unpaired) electrons. The Morgan fingerprint density at radius 1 is 0.864 bits per heavy atom. The molecule has 1 heterocycles. The van der Waals surface area contributed by atoms with Crippen molar-refractivity contribution < 1.29 is 44.6 Å². The molecule has 1 saturated heterocycles. The number of carboxylic acid groups (broad SMARTS) is 2. The van der Waals surface area contributed by atoms with Crippen LogP contribution in [0.5, 0.6) is 0 Å². The Hall–Kier alpha value is -1.52. The molecule has 1 aliphatic heterocycles. The van der Waals surface area contributed by atoms with E-state index in [1.807, 2.05) is 0 Å². The van der Waals surface area contributed by atoms with Crippen LogP contribution < -0.4 is 0 Å². The number of allylic oxidation sites excluding steroid dienone is 1. The van der Waals surface area contributed by atoms with Crippen LogP contribution in [-0.4, -0.2) is 74.8 Å². The van der Waals surface area contributed by atoms with Crippen molar-refractivity contribution in [1.29, 1.82) is 0 Å². The fraction of sp³-hybridized carbons (Fsp3) is 0.886. The fourth-order valence-corrected chi connectivity index (χ4v) is 12.3. The van der Waals surface area contributed by atoms with Crippen molar-refractivity contribution in [3.63, 3.8) is 0 Å². The predicted octanol–water partition coefficient (Wildman–Crippen LogP) is 4.62. The second-order valence-corrected chi connectivity index (χ2v) is 16.7. The summed E-state index contributed by atoms with van der Waals surface area (Å²) in [5, 5.41) is 52.6. The summed E-state index contributed by atoms with van der Waals surface area (Å²) in [6, 6.07) is 0. The summed E-state index contributed by atoms with van der Waals surface area (Å²) < 4.78 is 12.0. The van der Waals surface area contributed by atoms with Crippen LogP contribution in [0.15, 0.2) is 11.6 Å². The molecule has 9 nitrogen and oxygen atoms in total. The third-order valence-corrected chi connectivity index (χ3v) is 14.9. The molecule has 5 fully saturated rings. The Labute approximate surface area is 261 Å². The Balaban J connectivity index is 1.36. The first-order valence-corrected chi connectivity index (χ1v) is 17.0. The van der Waals surface area contributed by atoms with E-state index in [0.717, 1.165) is 37.7 Å². The SMILES string of the molecule is C[C@H]1[C@H](C)CC[C@]2(C(=O)O)CC[C@]3(C(=O)O)C(=CC[C@@H]4[C@@]5(C)CC[C@H](O[C@@H]6OC[C@H](O)[C@H](O)[C@H]6O)C(C)(C)C5CC[C@]43C)[C@H]12. The van der Waals surface area contributed by atoms with E-state index >= 15 is 0 Å². The van der Waals surface area contributed by atoms with Crippen LogP contribution in [0.4, 0.5) is 0 Å². The minimum absolute atomic E-state index is 0.0979. The Kier molecular flexibility index (Phi) is 7.73. The molecule has 0 spiro atoms. The summed E-state index contributed by atoms with van der Waals surface area (Å²) >= 11 is 0. The van der Waals surface area contributed by atoms with E-state index in [0.29, 0.717) is 31.6 Å². The summed E-state index contributed by atoms with van der Waals surface area (Å²) in [7, 11) is 0. The molecule has 0 aromatic carbocycles. The molecule has 0 amide bonds. The highest BCUT2D eigenvalue weighted by Gasteiger charge is 2.73. The van der Waals surface area contributed by atoms with E-state index in [2.05, 4.69) is 47.6 Å². The zero-order valence-electron chi connectivity index (χ0n) is 27.3. The van der Waals surface area contributed by atoms with Gasteiger partial charge in [0.15, 0.2) is 6.29 Å². The first kappa shape index (κ1) is 32.4. The van der Waals surface area contributed by atoms with Gasteiger partial charge in [0.1, 0.15) is 18.3 Å². The van der Waals surface area contributed by atoms with Gasteiger partial charge in [-0.25, -0.2) is 0 Å². The van der Waals surface area contributed by atoms with E-state index in [1.54, 1.807) is 0 Å². The standard InChI is InChI=1S/C35H54O9/c1-18-9-14-34(29(39)40)15-16-35(30(41)42)20(25(34)19(18)2)7-8-23-32(5)12-11-24(31(3,4)22(32)10-13-33(23,35)6)44-28-27(38)26(37)21(36)17-43-28/h7,18-19,21-28,36-38H,8-17H2,1-6H3,(H,39,40)(H,41,42)/t18-,19+,21+,22?,23-,24+,25+,26+,27-,28+,32+,33-,34+,35-/m1/s1. The number of carboxylic acids is 2. The van der Waals surface area contributed by atoms with Crippen LogP contribution >= 0.6 is 0 Å². The van der Waals surface area contributed by atoms with Crippen molar-refractivity contribution >= 4 is 11.9 Å². The van der Waals surface area contributed by atoms with Gasteiger partial charge in [-0.1, -0.05) is 53.2 Å². The molecule has 5 N–H and O–H groups in total. The molecule has 6 rings (SSSR count). The van der Waals surface area contributed by atoms with Crippen molar-refractivity contribution in [3.8, 4) is 0 Å². The number of hydrogen-bond donors (Lipinski definition) is 5. The minimum Gasteiger partial charge on any atom is -0.481 e. The van der Waals surface area contributed by atoms with Gasteiger partial charge in [-0.15, -0.1) is 0 Å². The third kappa shape index (κ3) is 4.07. The average Bonchev–Trinajstić information content (AvgIpc) is 2.95. The molecular weight excluding hydrogens is 564 g/mol. The van der Waals surface area contributed by atoms with Gasteiger partial charge in [0.2, 0.25) is 0 Å². The lowest BCUT2D eigenvalue weighted by Gasteiger charge is -2.70. The van der Waals surface area contributed by atoms with Gasteiger partial charge in [0, 0.05) is 0 Å². The highest BCUT2D eigenvalue weighted by molar-refractivity contribution is 5.84. The molecule has 5 aliphatic carbocycles. The number of carbonyl (C=O) groups is 2. The van der Waals surface area contributed by atoms with E-state index in [-0.39, 0.29) is 47.2 Å². The second kappa shape index (κ2) is 10.5.